The quantitative estimate of drug-likeness (QED) is 0.544. The van der Waals surface area contributed by atoms with Crippen LogP contribution in [-0.2, 0) is 10.2 Å². The van der Waals surface area contributed by atoms with Crippen LogP contribution in [0.15, 0.2) is 66.9 Å². The number of rotatable bonds is 5. The van der Waals surface area contributed by atoms with E-state index in [0.29, 0.717) is 16.9 Å². The first-order valence-corrected chi connectivity index (χ1v) is 10.2. The van der Waals surface area contributed by atoms with E-state index in [1.165, 1.54) is 5.56 Å². The second kappa shape index (κ2) is 9.43. The van der Waals surface area contributed by atoms with Gasteiger partial charge in [0.2, 0.25) is 0 Å². The van der Waals surface area contributed by atoms with Gasteiger partial charge in [0.05, 0.1) is 18.0 Å². The molecule has 160 valence electrons. The van der Waals surface area contributed by atoms with Gasteiger partial charge in [-0.1, -0.05) is 45.0 Å². The van der Waals surface area contributed by atoms with Crippen molar-refractivity contribution in [2.45, 2.75) is 33.1 Å². The Morgan fingerprint density at radius 1 is 0.935 bits per heavy atom. The van der Waals surface area contributed by atoms with Crippen LogP contribution in [0.25, 0.3) is 11.3 Å². The van der Waals surface area contributed by atoms with Gasteiger partial charge in [0.25, 0.3) is 5.91 Å². The topological polar surface area (TPSA) is 80.3 Å². The number of ether oxygens (including phenoxy) is 1. The molecule has 0 aliphatic rings. The first kappa shape index (κ1) is 22.0. The largest absolute Gasteiger partial charge is 0.450 e. The Kier molecular flexibility index (Phi) is 6.70. The van der Waals surface area contributed by atoms with Crippen molar-refractivity contribution in [3.63, 3.8) is 0 Å². The van der Waals surface area contributed by atoms with Crippen molar-refractivity contribution in [1.82, 2.24) is 4.98 Å². The number of nitrogens with one attached hydrogen (secondary N) is 2. The summed E-state index contributed by atoms with van der Waals surface area (Å²) in [5.41, 5.74) is 4.45. The molecule has 6 heteroatoms. The molecule has 6 nitrogen and oxygen atoms in total. The molecule has 0 saturated carbocycles. The summed E-state index contributed by atoms with van der Waals surface area (Å²) >= 11 is 0. The van der Waals surface area contributed by atoms with Crippen molar-refractivity contribution in [2.24, 2.45) is 0 Å². The number of carbonyl (C=O) groups excluding carboxylic acids is 2. The monoisotopic (exact) mass is 417 g/mol. The molecule has 2 N–H and O–H groups in total. The zero-order valence-electron chi connectivity index (χ0n) is 18.2. The maximum atomic E-state index is 12.6. The third-order valence-corrected chi connectivity index (χ3v) is 4.75. The molecule has 0 fully saturated rings. The molecule has 0 radical (unpaired) electrons. The number of pyridine rings is 1. The number of hydrogen-bond donors (Lipinski definition) is 2. The second-order valence-corrected chi connectivity index (χ2v) is 8.10. The fourth-order valence-electron chi connectivity index (χ4n) is 3.05. The number of nitrogens with zero attached hydrogens (tertiary/aromatic N) is 1. The van der Waals surface area contributed by atoms with Crippen molar-refractivity contribution in [3.05, 3.63) is 78.0 Å². The Labute approximate surface area is 182 Å². The van der Waals surface area contributed by atoms with Crippen LogP contribution < -0.4 is 10.6 Å². The highest BCUT2D eigenvalue weighted by Gasteiger charge is 2.14. The molecule has 2 aromatic carbocycles. The fourth-order valence-corrected chi connectivity index (χ4v) is 3.05. The van der Waals surface area contributed by atoms with Gasteiger partial charge in [-0.05, 0) is 54.3 Å². The molecule has 0 saturated heterocycles. The van der Waals surface area contributed by atoms with Gasteiger partial charge in [-0.2, -0.15) is 0 Å². The standard InChI is InChI=1S/C25H27N3O3/c1-5-31-24(30)28-21-7-6-16-26-22(21)17-8-10-18(11-9-17)23(29)27-20-14-12-19(13-15-20)25(2,3)4/h6-16H,5H2,1-4H3,(H,27,29)(H,28,30). The molecule has 0 bridgehead atoms. The summed E-state index contributed by atoms with van der Waals surface area (Å²) in [7, 11) is 0. The van der Waals surface area contributed by atoms with Crippen LogP contribution in [-0.4, -0.2) is 23.6 Å². The Bertz CT molecular complexity index is 1050. The van der Waals surface area contributed by atoms with Crippen molar-refractivity contribution in [1.29, 1.82) is 0 Å². The SMILES string of the molecule is CCOC(=O)Nc1cccnc1-c1ccc(C(=O)Nc2ccc(C(C)(C)C)cc2)cc1. The lowest BCUT2D eigenvalue weighted by molar-refractivity contribution is 0.102. The summed E-state index contributed by atoms with van der Waals surface area (Å²) in [6, 6.07) is 18.4. The van der Waals surface area contributed by atoms with Crippen LogP contribution in [0, 0.1) is 0 Å². The zero-order chi connectivity index (χ0) is 22.4. The van der Waals surface area contributed by atoms with Gasteiger partial charge in [0, 0.05) is 23.0 Å². The number of carbonyl (C=O) groups is 2. The lowest BCUT2D eigenvalue weighted by Gasteiger charge is -2.19. The average Bonchev–Trinajstić information content (AvgIpc) is 2.74. The number of anilines is 2. The van der Waals surface area contributed by atoms with Gasteiger partial charge in [0.1, 0.15) is 0 Å². The van der Waals surface area contributed by atoms with E-state index in [-0.39, 0.29) is 17.9 Å². The molecule has 0 unspecified atom stereocenters. The van der Waals surface area contributed by atoms with Gasteiger partial charge < -0.3 is 10.1 Å². The third-order valence-electron chi connectivity index (χ3n) is 4.75. The molecule has 0 atom stereocenters. The van der Waals surface area contributed by atoms with E-state index in [1.54, 1.807) is 49.5 Å². The predicted octanol–water partition coefficient (Wildman–Crippen LogP) is 5.87. The Hall–Kier alpha value is -3.67. The summed E-state index contributed by atoms with van der Waals surface area (Å²) in [6.45, 7) is 8.48. The number of amides is 2. The van der Waals surface area contributed by atoms with Gasteiger partial charge in [-0.15, -0.1) is 0 Å². The van der Waals surface area contributed by atoms with Crippen LogP contribution in [0.3, 0.4) is 0 Å². The van der Waals surface area contributed by atoms with E-state index in [4.69, 9.17) is 4.74 Å². The minimum Gasteiger partial charge on any atom is -0.450 e. The highest BCUT2D eigenvalue weighted by Crippen LogP contribution is 2.27. The number of benzene rings is 2. The van der Waals surface area contributed by atoms with E-state index in [2.05, 4.69) is 36.4 Å². The van der Waals surface area contributed by atoms with Crippen LogP contribution in [0.5, 0.6) is 0 Å². The molecule has 1 heterocycles. The molecule has 3 rings (SSSR count). The highest BCUT2D eigenvalue weighted by atomic mass is 16.5. The summed E-state index contributed by atoms with van der Waals surface area (Å²) < 4.78 is 4.94. The molecule has 0 aliphatic carbocycles. The van der Waals surface area contributed by atoms with Gasteiger partial charge in [0.15, 0.2) is 0 Å². The van der Waals surface area contributed by atoms with Crippen LogP contribution in [0.1, 0.15) is 43.6 Å². The molecule has 31 heavy (non-hydrogen) atoms. The van der Waals surface area contributed by atoms with Gasteiger partial charge in [-0.25, -0.2) is 4.79 Å². The van der Waals surface area contributed by atoms with Crippen LogP contribution in [0.4, 0.5) is 16.2 Å². The van der Waals surface area contributed by atoms with E-state index in [9.17, 15) is 9.59 Å². The number of aromatic nitrogens is 1. The summed E-state index contributed by atoms with van der Waals surface area (Å²) in [6.07, 6.45) is 1.11. The van der Waals surface area contributed by atoms with Gasteiger partial charge in [-0.3, -0.25) is 15.1 Å². The first-order chi connectivity index (χ1) is 14.8. The van der Waals surface area contributed by atoms with E-state index >= 15 is 0 Å². The predicted molar refractivity (Wildman–Crippen MR) is 123 cm³/mol. The summed E-state index contributed by atoms with van der Waals surface area (Å²) in [5, 5.41) is 5.61. The molecular formula is C25H27N3O3. The molecule has 0 aliphatic heterocycles. The lowest BCUT2D eigenvalue weighted by atomic mass is 9.87. The Morgan fingerprint density at radius 2 is 1.61 bits per heavy atom. The maximum Gasteiger partial charge on any atom is 0.411 e. The van der Waals surface area contributed by atoms with Gasteiger partial charge >= 0.3 is 6.09 Å². The number of hydrogen-bond acceptors (Lipinski definition) is 4. The Balaban J connectivity index is 1.73. The first-order valence-electron chi connectivity index (χ1n) is 10.2. The van der Waals surface area contributed by atoms with Crippen molar-refractivity contribution < 1.29 is 14.3 Å². The molecule has 3 aromatic rings. The molecular weight excluding hydrogens is 390 g/mol. The van der Waals surface area contributed by atoms with Crippen LogP contribution >= 0.6 is 0 Å². The lowest BCUT2D eigenvalue weighted by Crippen LogP contribution is -2.14. The summed E-state index contributed by atoms with van der Waals surface area (Å²) in [5.74, 6) is -0.194. The smallest absolute Gasteiger partial charge is 0.411 e. The Morgan fingerprint density at radius 3 is 2.23 bits per heavy atom. The van der Waals surface area contributed by atoms with E-state index in [1.807, 2.05) is 24.3 Å². The minimum atomic E-state index is -0.537. The van der Waals surface area contributed by atoms with Crippen molar-refractivity contribution in [3.8, 4) is 11.3 Å². The second-order valence-electron chi connectivity index (χ2n) is 8.10. The molecule has 2 amide bonds. The van der Waals surface area contributed by atoms with Crippen molar-refractivity contribution in [2.75, 3.05) is 17.2 Å². The van der Waals surface area contributed by atoms with E-state index in [0.717, 1.165) is 11.3 Å². The molecule has 1 aromatic heterocycles. The minimum absolute atomic E-state index is 0.0603. The normalized spacial score (nSPS) is 11.0. The zero-order valence-corrected chi connectivity index (χ0v) is 18.2. The summed E-state index contributed by atoms with van der Waals surface area (Å²) in [4.78, 5) is 28.8. The highest BCUT2D eigenvalue weighted by molar-refractivity contribution is 6.04. The molecule has 0 spiro atoms. The third kappa shape index (κ3) is 5.69. The van der Waals surface area contributed by atoms with Crippen molar-refractivity contribution >= 4 is 23.4 Å². The van der Waals surface area contributed by atoms with E-state index < -0.39 is 6.09 Å². The van der Waals surface area contributed by atoms with Crippen LogP contribution in [0.2, 0.25) is 0 Å². The maximum absolute atomic E-state index is 12.6. The fraction of sp³-hybridized carbons (Fsp3) is 0.240. The average molecular weight is 418 g/mol.